The van der Waals surface area contributed by atoms with Crippen LogP contribution in [-0.2, 0) is 0 Å². The Bertz CT molecular complexity index is 480. The monoisotopic (exact) mass is 304 g/mol. The number of fused-ring (bicyclic) bond motifs is 1. The van der Waals surface area contributed by atoms with Crippen molar-refractivity contribution in [1.82, 2.24) is 10.2 Å². The highest BCUT2D eigenvalue weighted by molar-refractivity contribution is 5.41. The molecule has 0 saturated carbocycles. The molecule has 0 bridgehead atoms. The molecule has 0 aliphatic carbocycles. The van der Waals surface area contributed by atoms with Crippen LogP contribution in [0.1, 0.15) is 57.7 Å². The van der Waals surface area contributed by atoms with Crippen molar-refractivity contribution in [3.05, 3.63) is 29.3 Å². The van der Waals surface area contributed by atoms with Crippen molar-refractivity contribution in [2.45, 2.75) is 59.1 Å². The second kappa shape index (κ2) is 7.47. The normalized spacial score (nSPS) is 19.8. The van der Waals surface area contributed by atoms with E-state index in [0.717, 1.165) is 31.8 Å². The number of ether oxygens (including phenoxy) is 1. The highest BCUT2D eigenvalue weighted by atomic mass is 16.5. The van der Waals surface area contributed by atoms with Crippen LogP contribution in [0.5, 0.6) is 5.75 Å². The van der Waals surface area contributed by atoms with Gasteiger partial charge in [-0.25, -0.2) is 0 Å². The molecule has 1 atom stereocenters. The summed E-state index contributed by atoms with van der Waals surface area (Å²) in [4.78, 5) is 2.48. The number of benzene rings is 1. The number of nitrogens with one attached hydrogen (secondary N) is 1. The molecule has 1 aliphatic heterocycles. The van der Waals surface area contributed by atoms with Gasteiger partial charge >= 0.3 is 0 Å². The summed E-state index contributed by atoms with van der Waals surface area (Å²) in [6, 6.07) is 6.98. The van der Waals surface area contributed by atoms with Gasteiger partial charge in [-0.1, -0.05) is 26.0 Å². The van der Waals surface area contributed by atoms with Crippen LogP contribution >= 0.6 is 0 Å². The topological polar surface area (TPSA) is 24.5 Å². The van der Waals surface area contributed by atoms with Crippen LogP contribution in [-0.4, -0.2) is 36.7 Å². The molecule has 22 heavy (non-hydrogen) atoms. The van der Waals surface area contributed by atoms with E-state index in [1.54, 1.807) is 0 Å². The van der Waals surface area contributed by atoms with Gasteiger partial charge in [0.1, 0.15) is 11.4 Å². The summed E-state index contributed by atoms with van der Waals surface area (Å²) in [6.07, 6.45) is 2.22. The molecule has 0 radical (unpaired) electrons. The lowest BCUT2D eigenvalue weighted by Gasteiger charge is -2.38. The molecular weight excluding hydrogens is 272 g/mol. The third-order valence-electron chi connectivity index (χ3n) is 4.56. The summed E-state index contributed by atoms with van der Waals surface area (Å²) in [7, 11) is 0. The largest absolute Gasteiger partial charge is 0.487 e. The van der Waals surface area contributed by atoms with Crippen molar-refractivity contribution in [2.75, 3.05) is 26.2 Å². The summed E-state index contributed by atoms with van der Waals surface area (Å²) < 4.78 is 6.16. The van der Waals surface area contributed by atoms with Gasteiger partial charge in [0.2, 0.25) is 0 Å². The molecule has 0 spiro atoms. The Morgan fingerprint density at radius 2 is 2.00 bits per heavy atom. The van der Waals surface area contributed by atoms with Crippen LogP contribution in [0.25, 0.3) is 0 Å². The average molecular weight is 304 g/mol. The fraction of sp³-hybridized carbons (Fsp3) is 0.684. The van der Waals surface area contributed by atoms with Crippen LogP contribution in [0.2, 0.25) is 0 Å². The van der Waals surface area contributed by atoms with Gasteiger partial charge in [-0.3, -0.25) is 0 Å². The number of hydrogen-bond acceptors (Lipinski definition) is 3. The molecule has 3 heteroatoms. The minimum Gasteiger partial charge on any atom is -0.487 e. The summed E-state index contributed by atoms with van der Waals surface area (Å²) in [5.41, 5.74) is 2.47. The first-order chi connectivity index (χ1) is 10.4. The van der Waals surface area contributed by atoms with Gasteiger partial charge in [0.25, 0.3) is 0 Å². The van der Waals surface area contributed by atoms with E-state index < -0.39 is 0 Å². The standard InChI is InChI=1S/C19H32N2O/c1-6-21(7-2)12-8-11-20-17-14-19(4,5)22-18-13-15(3)9-10-16(17)18/h9-10,13,17,20H,6-8,11-12,14H2,1-5H3. The van der Waals surface area contributed by atoms with E-state index in [4.69, 9.17) is 4.74 Å². The quantitative estimate of drug-likeness (QED) is 0.773. The first kappa shape index (κ1) is 17.3. The Morgan fingerprint density at radius 1 is 1.27 bits per heavy atom. The van der Waals surface area contributed by atoms with E-state index in [-0.39, 0.29) is 5.60 Å². The average Bonchev–Trinajstić information content (AvgIpc) is 2.45. The van der Waals surface area contributed by atoms with E-state index in [9.17, 15) is 0 Å². The van der Waals surface area contributed by atoms with Gasteiger partial charge in [-0.05, 0) is 65.0 Å². The van der Waals surface area contributed by atoms with Crippen molar-refractivity contribution in [2.24, 2.45) is 0 Å². The molecule has 0 fully saturated rings. The van der Waals surface area contributed by atoms with Crippen molar-refractivity contribution in [1.29, 1.82) is 0 Å². The summed E-state index contributed by atoms with van der Waals surface area (Å²) in [6.45, 7) is 15.5. The Labute approximate surface area is 136 Å². The van der Waals surface area contributed by atoms with Gasteiger partial charge in [0, 0.05) is 18.0 Å². The van der Waals surface area contributed by atoms with Crippen LogP contribution in [0.15, 0.2) is 18.2 Å². The third kappa shape index (κ3) is 4.47. The second-order valence-corrected chi connectivity index (χ2v) is 6.99. The number of aryl methyl sites for hydroxylation is 1. The van der Waals surface area contributed by atoms with Crippen molar-refractivity contribution in [3.8, 4) is 5.75 Å². The maximum atomic E-state index is 6.16. The molecular formula is C19H32N2O. The van der Waals surface area contributed by atoms with E-state index in [1.165, 1.54) is 24.1 Å². The van der Waals surface area contributed by atoms with Gasteiger partial charge in [-0.2, -0.15) is 0 Å². The van der Waals surface area contributed by atoms with E-state index in [1.807, 2.05) is 0 Å². The minimum absolute atomic E-state index is 0.0999. The van der Waals surface area contributed by atoms with Crippen LogP contribution in [0.3, 0.4) is 0 Å². The number of nitrogens with zero attached hydrogens (tertiary/aromatic N) is 1. The molecule has 0 saturated heterocycles. The number of hydrogen-bond donors (Lipinski definition) is 1. The smallest absolute Gasteiger partial charge is 0.125 e. The predicted octanol–water partition coefficient (Wildman–Crippen LogP) is 3.92. The molecule has 3 nitrogen and oxygen atoms in total. The number of rotatable bonds is 7. The fourth-order valence-electron chi connectivity index (χ4n) is 3.26. The Hall–Kier alpha value is -1.06. The molecule has 0 amide bonds. The maximum Gasteiger partial charge on any atom is 0.125 e. The lowest BCUT2D eigenvalue weighted by atomic mass is 9.89. The Balaban J connectivity index is 1.96. The van der Waals surface area contributed by atoms with Crippen molar-refractivity contribution in [3.63, 3.8) is 0 Å². The third-order valence-corrected chi connectivity index (χ3v) is 4.56. The molecule has 2 rings (SSSR count). The van der Waals surface area contributed by atoms with Crippen molar-refractivity contribution >= 4 is 0 Å². The first-order valence-electron chi connectivity index (χ1n) is 8.70. The first-order valence-corrected chi connectivity index (χ1v) is 8.70. The molecule has 124 valence electrons. The summed E-state index contributed by atoms with van der Waals surface area (Å²) in [5.74, 6) is 1.05. The van der Waals surface area contributed by atoms with Crippen LogP contribution in [0, 0.1) is 6.92 Å². The maximum absolute atomic E-state index is 6.16. The predicted molar refractivity (Wildman–Crippen MR) is 93.7 cm³/mol. The molecule has 1 unspecified atom stereocenters. The molecule has 1 aromatic rings. The Morgan fingerprint density at radius 3 is 2.68 bits per heavy atom. The van der Waals surface area contributed by atoms with Crippen LogP contribution in [0.4, 0.5) is 0 Å². The summed E-state index contributed by atoms with van der Waals surface area (Å²) >= 11 is 0. The van der Waals surface area contributed by atoms with E-state index in [0.29, 0.717) is 6.04 Å². The zero-order valence-electron chi connectivity index (χ0n) is 14.9. The molecule has 1 aliphatic rings. The Kier molecular flexibility index (Phi) is 5.87. The highest BCUT2D eigenvalue weighted by Crippen LogP contribution is 2.39. The minimum atomic E-state index is -0.0999. The zero-order valence-corrected chi connectivity index (χ0v) is 14.9. The zero-order chi connectivity index (χ0) is 16.2. The van der Waals surface area contributed by atoms with Gasteiger partial charge < -0.3 is 15.0 Å². The lowest BCUT2D eigenvalue weighted by Crippen LogP contribution is -2.40. The van der Waals surface area contributed by atoms with Gasteiger partial charge in [-0.15, -0.1) is 0 Å². The summed E-state index contributed by atoms with van der Waals surface area (Å²) in [5, 5.41) is 3.75. The SMILES string of the molecule is CCN(CC)CCCNC1CC(C)(C)Oc2cc(C)ccc21. The molecule has 1 aromatic carbocycles. The molecule has 1 heterocycles. The second-order valence-electron chi connectivity index (χ2n) is 6.99. The fourth-order valence-corrected chi connectivity index (χ4v) is 3.26. The van der Waals surface area contributed by atoms with Crippen molar-refractivity contribution < 1.29 is 4.74 Å². The van der Waals surface area contributed by atoms with E-state index in [2.05, 4.69) is 63.0 Å². The van der Waals surface area contributed by atoms with Crippen LogP contribution < -0.4 is 10.1 Å². The lowest BCUT2D eigenvalue weighted by molar-refractivity contribution is 0.0658. The van der Waals surface area contributed by atoms with E-state index >= 15 is 0 Å². The van der Waals surface area contributed by atoms with Gasteiger partial charge in [0.05, 0.1) is 0 Å². The van der Waals surface area contributed by atoms with Gasteiger partial charge in [0.15, 0.2) is 0 Å². The molecule has 1 N–H and O–H groups in total. The highest BCUT2D eigenvalue weighted by Gasteiger charge is 2.33. The molecule has 0 aromatic heterocycles.